The van der Waals surface area contributed by atoms with Crippen LogP contribution in [-0.4, -0.2) is 14.9 Å². The average Bonchev–Trinajstić information content (AvgIpc) is 2.85. The van der Waals surface area contributed by atoms with E-state index in [1.165, 1.54) is 0 Å². The first-order chi connectivity index (χ1) is 7.57. The Labute approximate surface area is 107 Å². The summed E-state index contributed by atoms with van der Waals surface area (Å²) in [5, 5.41) is 16.8. The lowest BCUT2D eigenvalue weighted by atomic mass is 10.0. The SMILES string of the molecule is CCn1ncc(Br)c1C(C)(O)c1cccs1. The van der Waals surface area contributed by atoms with Crippen molar-refractivity contribution in [1.82, 2.24) is 9.78 Å². The topological polar surface area (TPSA) is 38.0 Å². The van der Waals surface area contributed by atoms with Gasteiger partial charge >= 0.3 is 0 Å². The van der Waals surface area contributed by atoms with Gasteiger partial charge in [-0.15, -0.1) is 11.3 Å². The highest BCUT2D eigenvalue weighted by atomic mass is 79.9. The van der Waals surface area contributed by atoms with E-state index in [1.807, 2.05) is 29.1 Å². The van der Waals surface area contributed by atoms with Crippen LogP contribution in [0.4, 0.5) is 0 Å². The molecule has 0 aromatic carbocycles. The van der Waals surface area contributed by atoms with Crippen molar-refractivity contribution in [2.24, 2.45) is 0 Å². The summed E-state index contributed by atoms with van der Waals surface area (Å²) in [6.07, 6.45) is 1.72. The van der Waals surface area contributed by atoms with Crippen molar-refractivity contribution >= 4 is 27.3 Å². The van der Waals surface area contributed by atoms with Crippen molar-refractivity contribution < 1.29 is 5.11 Å². The first kappa shape index (κ1) is 11.8. The third-order valence-corrected chi connectivity index (χ3v) is 4.22. The highest BCUT2D eigenvalue weighted by molar-refractivity contribution is 9.10. The third kappa shape index (κ3) is 1.83. The second kappa shape index (κ2) is 4.31. The van der Waals surface area contributed by atoms with Gasteiger partial charge in [-0.2, -0.15) is 5.10 Å². The molecule has 2 aromatic rings. The van der Waals surface area contributed by atoms with Crippen LogP contribution in [-0.2, 0) is 12.1 Å². The first-order valence-electron chi connectivity index (χ1n) is 5.05. The van der Waals surface area contributed by atoms with Crippen molar-refractivity contribution in [2.45, 2.75) is 26.0 Å². The lowest BCUT2D eigenvalue weighted by Gasteiger charge is -2.23. The van der Waals surface area contributed by atoms with E-state index in [0.29, 0.717) is 0 Å². The van der Waals surface area contributed by atoms with E-state index in [1.54, 1.807) is 24.5 Å². The molecular formula is C11H13BrN2OS. The van der Waals surface area contributed by atoms with E-state index in [2.05, 4.69) is 21.0 Å². The van der Waals surface area contributed by atoms with Gasteiger partial charge in [-0.1, -0.05) is 6.07 Å². The molecule has 0 amide bonds. The molecule has 1 unspecified atom stereocenters. The Bertz CT molecular complexity index is 476. The molecular weight excluding hydrogens is 288 g/mol. The van der Waals surface area contributed by atoms with Gasteiger partial charge in [-0.05, 0) is 41.2 Å². The number of halogens is 1. The minimum atomic E-state index is -1.00. The fourth-order valence-electron chi connectivity index (χ4n) is 1.76. The van der Waals surface area contributed by atoms with Crippen molar-refractivity contribution in [3.05, 3.63) is 38.8 Å². The minimum absolute atomic E-state index is 0.739. The highest BCUT2D eigenvalue weighted by Crippen LogP contribution is 2.36. The molecule has 0 saturated carbocycles. The van der Waals surface area contributed by atoms with Gasteiger partial charge in [0, 0.05) is 11.4 Å². The summed E-state index contributed by atoms with van der Waals surface area (Å²) in [5.74, 6) is 0. The van der Waals surface area contributed by atoms with E-state index in [0.717, 1.165) is 21.6 Å². The van der Waals surface area contributed by atoms with Gasteiger partial charge in [0.15, 0.2) is 0 Å². The Hall–Kier alpha value is -0.650. The van der Waals surface area contributed by atoms with Crippen LogP contribution in [0.25, 0.3) is 0 Å². The Balaban J connectivity index is 2.54. The fraction of sp³-hybridized carbons (Fsp3) is 0.364. The van der Waals surface area contributed by atoms with E-state index >= 15 is 0 Å². The van der Waals surface area contributed by atoms with E-state index in [-0.39, 0.29) is 0 Å². The summed E-state index contributed by atoms with van der Waals surface area (Å²) in [5.41, 5.74) is -0.197. The summed E-state index contributed by atoms with van der Waals surface area (Å²) >= 11 is 4.98. The number of aliphatic hydroxyl groups is 1. The molecule has 3 nitrogen and oxygen atoms in total. The standard InChI is InChI=1S/C11H13BrN2OS/c1-3-14-10(8(12)7-13-14)11(2,15)9-5-4-6-16-9/h4-7,15H,3H2,1-2H3. The molecule has 0 fully saturated rings. The maximum atomic E-state index is 10.6. The fourth-order valence-corrected chi connectivity index (χ4v) is 3.23. The van der Waals surface area contributed by atoms with Crippen LogP contribution in [0.15, 0.2) is 28.2 Å². The molecule has 5 heteroatoms. The summed E-state index contributed by atoms with van der Waals surface area (Å²) in [6, 6.07) is 3.87. The predicted molar refractivity (Wildman–Crippen MR) is 68.6 cm³/mol. The lowest BCUT2D eigenvalue weighted by Crippen LogP contribution is -2.26. The third-order valence-electron chi connectivity index (χ3n) is 2.56. The van der Waals surface area contributed by atoms with E-state index in [9.17, 15) is 5.11 Å². The number of nitrogens with zero attached hydrogens (tertiary/aromatic N) is 2. The number of rotatable bonds is 3. The van der Waals surface area contributed by atoms with Crippen LogP contribution >= 0.6 is 27.3 Å². The lowest BCUT2D eigenvalue weighted by molar-refractivity contribution is 0.0948. The van der Waals surface area contributed by atoms with Crippen LogP contribution in [0, 0.1) is 0 Å². The molecule has 86 valence electrons. The zero-order valence-electron chi connectivity index (χ0n) is 9.14. The number of thiophene rings is 1. The molecule has 2 rings (SSSR count). The summed E-state index contributed by atoms with van der Waals surface area (Å²) in [7, 11) is 0. The monoisotopic (exact) mass is 300 g/mol. The molecule has 0 aliphatic heterocycles. The molecule has 2 aromatic heterocycles. The summed E-state index contributed by atoms with van der Waals surface area (Å²) in [4.78, 5) is 0.920. The smallest absolute Gasteiger partial charge is 0.138 e. The van der Waals surface area contributed by atoms with E-state index < -0.39 is 5.60 Å². The zero-order valence-corrected chi connectivity index (χ0v) is 11.5. The normalized spacial score (nSPS) is 15.0. The predicted octanol–water partition coefficient (Wildman–Crippen LogP) is 2.98. The molecule has 0 bridgehead atoms. The molecule has 0 saturated heterocycles. The van der Waals surface area contributed by atoms with Gasteiger partial charge in [0.05, 0.1) is 16.4 Å². The maximum absolute atomic E-state index is 10.6. The van der Waals surface area contributed by atoms with Gasteiger partial charge in [0.25, 0.3) is 0 Å². The number of aryl methyl sites for hydroxylation is 1. The first-order valence-corrected chi connectivity index (χ1v) is 6.72. The average molecular weight is 301 g/mol. The van der Waals surface area contributed by atoms with Crippen LogP contribution < -0.4 is 0 Å². The molecule has 0 spiro atoms. The van der Waals surface area contributed by atoms with Crippen LogP contribution in [0.2, 0.25) is 0 Å². The van der Waals surface area contributed by atoms with Crippen molar-refractivity contribution in [1.29, 1.82) is 0 Å². The molecule has 16 heavy (non-hydrogen) atoms. The Morgan fingerprint density at radius 2 is 2.38 bits per heavy atom. The zero-order chi connectivity index (χ0) is 11.8. The quantitative estimate of drug-likeness (QED) is 0.946. The van der Waals surface area contributed by atoms with Gasteiger partial charge < -0.3 is 5.11 Å². The number of hydrogen-bond donors (Lipinski definition) is 1. The highest BCUT2D eigenvalue weighted by Gasteiger charge is 2.32. The molecule has 1 N–H and O–H groups in total. The molecule has 0 radical (unpaired) electrons. The molecule has 1 atom stereocenters. The molecule has 0 aliphatic rings. The van der Waals surface area contributed by atoms with Crippen LogP contribution in [0.3, 0.4) is 0 Å². The maximum Gasteiger partial charge on any atom is 0.138 e. The minimum Gasteiger partial charge on any atom is -0.378 e. The Kier molecular flexibility index (Phi) is 3.19. The van der Waals surface area contributed by atoms with Gasteiger partial charge in [-0.3, -0.25) is 4.68 Å². The van der Waals surface area contributed by atoms with Crippen molar-refractivity contribution in [3.63, 3.8) is 0 Å². The summed E-state index contributed by atoms with van der Waals surface area (Å²) < 4.78 is 2.65. The Morgan fingerprint density at radius 3 is 2.94 bits per heavy atom. The molecule has 0 aliphatic carbocycles. The Morgan fingerprint density at radius 1 is 1.62 bits per heavy atom. The number of aromatic nitrogens is 2. The summed E-state index contributed by atoms with van der Waals surface area (Å²) in [6.45, 7) is 4.54. The van der Waals surface area contributed by atoms with Gasteiger partial charge in [-0.25, -0.2) is 0 Å². The van der Waals surface area contributed by atoms with Gasteiger partial charge in [0.1, 0.15) is 5.60 Å². The van der Waals surface area contributed by atoms with Crippen LogP contribution in [0.5, 0.6) is 0 Å². The second-order valence-electron chi connectivity index (χ2n) is 3.71. The van der Waals surface area contributed by atoms with Gasteiger partial charge in [0.2, 0.25) is 0 Å². The number of hydrogen-bond acceptors (Lipinski definition) is 3. The second-order valence-corrected chi connectivity index (χ2v) is 5.51. The van der Waals surface area contributed by atoms with Crippen molar-refractivity contribution in [2.75, 3.05) is 0 Å². The van der Waals surface area contributed by atoms with E-state index in [4.69, 9.17) is 0 Å². The van der Waals surface area contributed by atoms with Crippen LogP contribution in [0.1, 0.15) is 24.4 Å². The molecule has 2 heterocycles. The van der Waals surface area contributed by atoms with Crippen molar-refractivity contribution in [3.8, 4) is 0 Å². The largest absolute Gasteiger partial charge is 0.378 e.